The Balaban J connectivity index is 1.68. The largest absolute Gasteiger partial charge is 0.0619 e. The van der Waals surface area contributed by atoms with E-state index in [2.05, 4.69) is 86.6 Å². The predicted molar refractivity (Wildman–Crippen MR) is 110 cm³/mol. The number of benzene rings is 4. The van der Waals surface area contributed by atoms with Crippen LogP contribution in [0.5, 0.6) is 0 Å². The summed E-state index contributed by atoms with van der Waals surface area (Å²) in [5.74, 6) is 0. The van der Waals surface area contributed by atoms with Crippen molar-refractivity contribution in [1.82, 2.24) is 0 Å². The lowest BCUT2D eigenvalue weighted by molar-refractivity contribution is 0.660. The molecular weight excluding hydrogens is 312 g/mol. The van der Waals surface area contributed by atoms with E-state index in [1.165, 1.54) is 55.3 Å². The zero-order chi connectivity index (χ0) is 17.5. The lowest BCUT2D eigenvalue weighted by Gasteiger charge is -2.22. The number of hydrogen-bond acceptors (Lipinski definition) is 0. The highest BCUT2D eigenvalue weighted by molar-refractivity contribution is 6.02. The molecule has 0 aromatic heterocycles. The Morgan fingerprint density at radius 1 is 0.654 bits per heavy atom. The fourth-order valence-electron chi connectivity index (χ4n) is 5.16. The molecule has 0 saturated heterocycles. The normalized spacial score (nSPS) is 15.5. The molecule has 2 aliphatic rings. The van der Waals surface area contributed by atoms with Gasteiger partial charge in [0.1, 0.15) is 0 Å². The highest BCUT2D eigenvalue weighted by Crippen LogP contribution is 2.52. The van der Waals surface area contributed by atoms with Crippen LogP contribution < -0.4 is 0 Å². The van der Waals surface area contributed by atoms with Crippen molar-refractivity contribution in [2.75, 3.05) is 0 Å². The maximum Gasteiger partial charge on any atom is 0.0159 e. The van der Waals surface area contributed by atoms with Crippen molar-refractivity contribution in [1.29, 1.82) is 0 Å². The van der Waals surface area contributed by atoms with Crippen molar-refractivity contribution in [2.45, 2.75) is 25.7 Å². The van der Waals surface area contributed by atoms with Gasteiger partial charge >= 0.3 is 0 Å². The van der Waals surface area contributed by atoms with E-state index in [4.69, 9.17) is 0 Å². The third kappa shape index (κ3) is 1.65. The summed E-state index contributed by atoms with van der Waals surface area (Å²) in [5.41, 5.74) is 11.7. The number of fused-ring (bicyclic) bond motifs is 8. The molecule has 4 aromatic rings. The van der Waals surface area contributed by atoms with Crippen molar-refractivity contribution in [3.05, 3.63) is 95.1 Å². The van der Waals surface area contributed by atoms with Crippen LogP contribution >= 0.6 is 0 Å². The van der Waals surface area contributed by atoms with Gasteiger partial charge in [-0.3, -0.25) is 0 Å². The maximum absolute atomic E-state index is 2.49. The molecule has 0 heteroatoms. The summed E-state index contributed by atoms with van der Waals surface area (Å²) in [4.78, 5) is 0. The minimum absolute atomic E-state index is 0.0638. The van der Waals surface area contributed by atoms with E-state index in [9.17, 15) is 0 Å². The van der Waals surface area contributed by atoms with E-state index < -0.39 is 0 Å². The Morgan fingerprint density at radius 3 is 2.38 bits per heavy atom. The van der Waals surface area contributed by atoms with Crippen LogP contribution in [0.15, 0.2) is 72.8 Å². The van der Waals surface area contributed by atoms with Crippen LogP contribution in [0, 0.1) is 0 Å². The predicted octanol–water partition coefficient (Wildman–Crippen LogP) is 6.72. The van der Waals surface area contributed by atoms with Crippen LogP contribution in [0.1, 0.15) is 36.1 Å². The second-order valence-corrected chi connectivity index (χ2v) is 8.22. The molecule has 0 atom stereocenters. The zero-order valence-electron chi connectivity index (χ0n) is 15.1. The fraction of sp³-hybridized carbons (Fsp3) is 0.154. The van der Waals surface area contributed by atoms with Gasteiger partial charge in [-0.05, 0) is 73.8 Å². The first kappa shape index (κ1) is 14.3. The van der Waals surface area contributed by atoms with Crippen LogP contribution in [0.25, 0.3) is 33.0 Å². The van der Waals surface area contributed by atoms with Crippen LogP contribution in [-0.4, -0.2) is 0 Å². The maximum atomic E-state index is 2.49. The van der Waals surface area contributed by atoms with Gasteiger partial charge < -0.3 is 0 Å². The molecule has 124 valence electrons. The smallest absolute Gasteiger partial charge is 0.0159 e. The van der Waals surface area contributed by atoms with Gasteiger partial charge in [0, 0.05) is 5.41 Å². The average Bonchev–Trinajstić information content (AvgIpc) is 3.14. The summed E-state index contributed by atoms with van der Waals surface area (Å²) in [6.45, 7) is 4.73. The quantitative estimate of drug-likeness (QED) is 0.295. The monoisotopic (exact) mass is 332 g/mol. The second kappa shape index (κ2) is 4.65. The summed E-state index contributed by atoms with van der Waals surface area (Å²) in [7, 11) is 0. The summed E-state index contributed by atoms with van der Waals surface area (Å²) >= 11 is 0. The highest BCUT2D eigenvalue weighted by Gasteiger charge is 2.37. The molecule has 0 spiro atoms. The first-order valence-corrected chi connectivity index (χ1v) is 9.43. The number of rotatable bonds is 0. The Bertz CT molecular complexity index is 1220. The standard InChI is InChI=1S/C26H20/c1-26(2)23-10-6-5-9-20(23)22-14-18-13-17-12-11-16-7-3-4-8-19(16)25(17)21(18)15-24(22)26/h3-12,14-15H,13H2,1-2H3. The van der Waals surface area contributed by atoms with Gasteiger partial charge in [0.25, 0.3) is 0 Å². The SMILES string of the molecule is CC1(C)c2ccccc2-c2cc3c(cc21)-c1c(ccc2ccccc12)C3. The minimum Gasteiger partial charge on any atom is -0.0619 e. The summed E-state index contributed by atoms with van der Waals surface area (Å²) in [6.07, 6.45) is 1.05. The van der Waals surface area contributed by atoms with Crippen molar-refractivity contribution < 1.29 is 0 Å². The van der Waals surface area contributed by atoms with Crippen LogP contribution in [0.3, 0.4) is 0 Å². The molecule has 6 rings (SSSR count). The van der Waals surface area contributed by atoms with Crippen molar-refractivity contribution in [2.24, 2.45) is 0 Å². The van der Waals surface area contributed by atoms with E-state index in [-0.39, 0.29) is 5.41 Å². The van der Waals surface area contributed by atoms with E-state index in [0.717, 1.165) is 6.42 Å². The molecular formula is C26H20. The topological polar surface area (TPSA) is 0 Å². The van der Waals surface area contributed by atoms with Crippen molar-refractivity contribution in [3.8, 4) is 22.3 Å². The Hall–Kier alpha value is -2.86. The van der Waals surface area contributed by atoms with Gasteiger partial charge in [-0.15, -0.1) is 0 Å². The molecule has 0 amide bonds. The third-order valence-corrected chi connectivity index (χ3v) is 6.47. The molecule has 2 aliphatic carbocycles. The van der Waals surface area contributed by atoms with E-state index in [1.54, 1.807) is 0 Å². The molecule has 0 N–H and O–H groups in total. The molecule has 0 fully saturated rings. The van der Waals surface area contributed by atoms with Gasteiger partial charge in [0.05, 0.1) is 0 Å². The first-order chi connectivity index (χ1) is 12.6. The summed E-state index contributed by atoms with van der Waals surface area (Å²) < 4.78 is 0. The van der Waals surface area contributed by atoms with Crippen LogP contribution in [-0.2, 0) is 11.8 Å². The van der Waals surface area contributed by atoms with Crippen LogP contribution in [0.4, 0.5) is 0 Å². The lowest BCUT2D eigenvalue weighted by atomic mass is 9.81. The van der Waals surface area contributed by atoms with Gasteiger partial charge in [-0.25, -0.2) is 0 Å². The zero-order valence-corrected chi connectivity index (χ0v) is 15.1. The number of hydrogen-bond donors (Lipinski definition) is 0. The molecule has 0 bridgehead atoms. The van der Waals surface area contributed by atoms with Crippen molar-refractivity contribution >= 4 is 10.8 Å². The Morgan fingerprint density at radius 2 is 1.46 bits per heavy atom. The Kier molecular flexibility index (Phi) is 2.56. The van der Waals surface area contributed by atoms with E-state index in [1.807, 2.05) is 0 Å². The fourth-order valence-corrected chi connectivity index (χ4v) is 5.16. The summed E-state index contributed by atoms with van der Waals surface area (Å²) in [6, 6.07) is 27.3. The molecule has 4 aromatic carbocycles. The molecule has 0 nitrogen and oxygen atoms in total. The second-order valence-electron chi connectivity index (χ2n) is 8.22. The van der Waals surface area contributed by atoms with E-state index in [0.29, 0.717) is 0 Å². The lowest BCUT2D eigenvalue weighted by Crippen LogP contribution is -2.15. The highest BCUT2D eigenvalue weighted by atomic mass is 14.4. The molecule has 0 unspecified atom stereocenters. The molecule has 0 aliphatic heterocycles. The minimum atomic E-state index is 0.0638. The Labute approximate surface area is 154 Å². The van der Waals surface area contributed by atoms with Gasteiger partial charge in [-0.2, -0.15) is 0 Å². The summed E-state index contributed by atoms with van der Waals surface area (Å²) in [5, 5.41) is 2.72. The molecule has 0 radical (unpaired) electrons. The van der Waals surface area contributed by atoms with Crippen molar-refractivity contribution in [3.63, 3.8) is 0 Å². The van der Waals surface area contributed by atoms with Gasteiger partial charge in [0.2, 0.25) is 0 Å². The van der Waals surface area contributed by atoms with E-state index >= 15 is 0 Å². The molecule has 26 heavy (non-hydrogen) atoms. The van der Waals surface area contributed by atoms with Crippen LogP contribution in [0.2, 0.25) is 0 Å². The van der Waals surface area contributed by atoms with Gasteiger partial charge in [0.15, 0.2) is 0 Å². The molecule has 0 heterocycles. The first-order valence-electron chi connectivity index (χ1n) is 9.43. The average molecular weight is 332 g/mol. The van der Waals surface area contributed by atoms with Gasteiger partial charge in [-0.1, -0.05) is 74.5 Å². The third-order valence-electron chi connectivity index (χ3n) is 6.47. The molecule has 0 saturated carbocycles.